The number of nitro groups is 1. The molecular formula is C17H14N2O5. The zero-order chi connectivity index (χ0) is 17.3. The Bertz CT molecular complexity index is 928. The summed E-state index contributed by atoms with van der Waals surface area (Å²) < 4.78 is 10.6. The van der Waals surface area contributed by atoms with Crippen molar-refractivity contribution < 1.29 is 18.9 Å². The highest BCUT2D eigenvalue weighted by Gasteiger charge is 2.20. The average Bonchev–Trinajstić information content (AvgIpc) is 2.90. The Morgan fingerprint density at radius 3 is 2.62 bits per heavy atom. The lowest BCUT2D eigenvalue weighted by Crippen LogP contribution is -2.05. The Hall–Kier alpha value is -3.22. The number of nitrogens with zero attached hydrogens (tertiary/aromatic N) is 2. The lowest BCUT2D eigenvalue weighted by Gasteiger charge is -2.03. The van der Waals surface area contributed by atoms with E-state index in [0.29, 0.717) is 22.4 Å². The zero-order valence-corrected chi connectivity index (χ0v) is 13.1. The number of hydrogen-bond donors (Lipinski definition) is 0. The summed E-state index contributed by atoms with van der Waals surface area (Å²) in [6, 6.07) is 7.89. The third-order valence-corrected chi connectivity index (χ3v) is 3.61. The third-order valence-electron chi connectivity index (χ3n) is 3.61. The molecule has 1 aromatic carbocycles. The molecule has 0 atom stereocenters. The van der Waals surface area contributed by atoms with Crippen LogP contribution >= 0.6 is 0 Å². The van der Waals surface area contributed by atoms with Crippen LogP contribution in [-0.4, -0.2) is 22.5 Å². The lowest BCUT2D eigenvalue weighted by atomic mass is 10.0. The number of furan rings is 1. The van der Waals surface area contributed by atoms with E-state index >= 15 is 0 Å². The molecule has 0 amide bonds. The van der Waals surface area contributed by atoms with Crippen molar-refractivity contribution in [2.24, 2.45) is 0 Å². The van der Waals surface area contributed by atoms with Gasteiger partial charge in [-0.25, -0.2) is 9.78 Å². The molecule has 0 spiro atoms. The fourth-order valence-electron chi connectivity index (χ4n) is 2.49. The maximum Gasteiger partial charge on any atom is 0.342 e. The van der Waals surface area contributed by atoms with Gasteiger partial charge in [-0.2, -0.15) is 0 Å². The topological polar surface area (TPSA) is 95.5 Å². The molecule has 0 aliphatic rings. The minimum Gasteiger partial charge on any atom is -0.462 e. The summed E-state index contributed by atoms with van der Waals surface area (Å²) in [5.74, 6) is -0.0202. The van der Waals surface area contributed by atoms with Crippen LogP contribution in [0.5, 0.6) is 0 Å². The molecule has 3 aromatic rings. The standard InChI is InChI=1S/C17H14N2O5/c1-3-23-17(20)15-10(2)24-16-14(15)8-12(9-18-16)11-4-6-13(7-5-11)19(21)22/h4-9H,3H2,1-2H3. The second kappa shape index (κ2) is 6.11. The van der Waals surface area contributed by atoms with Gasteiger partial charge in [0.05, 0.1) is 16.9 Å². The minimum absolute atomic E-state index is 0.0131. The van der Waals surface area contributed by atoms with Crippen LogP contribution in [0.15, 0.2) is 40.9 Å². The van der Waals surface area contributed by atoms with Crippen LogP contribution in [0.25, 0.3) is 22.2 Å². The molecule has 0 unspecified atom stereocenters. The van der Waals surface area contributed by atoms with Gasteiger partial charge in [-0.1, -0.05) is 0 Å². The van der Waals surface area contributed by atoms with Crippen LogP contribution in [0.1, 0.15) is 23.0 Å². The van der Waals surface area contributed by atoms with Gasteiger partial charge in [-0.3, -0.25) is 10.1 Å². The number of aromatic nitrogens is 1. The van der Waals surface area contributed by atoms with E-state index in [2.05, 4.69) is 4.98 Å². The van der Waals surface area contributed by atoms with Crippen molar-refractivity contribution in [1.82, 2.24) is 4.98 Å². The summed E-state index contributed by atoms with van der Waals surface area (Å²) in [5, 5.41) is 11.3. The number of hydrogen-bond acceptors (Lipinski definition) is 6. The molecule has 2 heterocycles. The summed E-state index contributed by atoms with van der Waals surface area (Å²) in [7, 11) is 0. The second-order valence-corrected chi connectivity index (χ2v) is 5.13. The molecule has 0 fully saturated rings. The van der Waals surface area contributed by atoms with Crippen molar-refractivity contribution >= 4 is 22.8 Å². The van der Waals surface area contributed by atoms with Gasteiger partial charge in [0.2, 0.25) is 5.71 Å². The maximum absolute atomic E-state index is 12.1. The van der Waals surface area contributed by atoms with Gasteiger partial charge >= 0.3 is 5.97 Å². The summed E-state index contributed by atoms with van der Waals surface area (Å²) >= 11 is 0. The maximum atomic E-state index is 12.1. The molecule has 24 heavy (non-hydrogen) atoms. The van der Waals surface area contributed by atoms with E-state index in [1.165, 1.54) is 12.1 Å². The normalized spacial score (nSPS) is 10.8. The minimum atomic E-state index is -0.462. The summed E-state index contributed by atoms with van der Waals surface area (Å²) in [6.45, 7) is 3.68. The Labute approximate surface area is 137 Å². The number of ether oxygens (including phenoxy) is 1. The fourth-order valence-corrected chi connectivity index (χ4v) is 2.49. The van der Waals surface area contributed by atoms with Gasteiger partial charge in [0.25, 0.3) is 5.69 Å². The molecule has 7 nitrogen and oxygen atoms in total. The van der Waals surface area contributed by atoms with E-state index < -0.39 is 10.9 Å². The lowest BCUT2D eigenvalue weighted by molar-refractivity contribution is -0.384. The largest absolute Gasteiger partial charge is 0.462 e. The quantitative estimate of drug-likeness (QED) is 0.410. The smallest absolute Gasteiger partial charge is 0.342 e. The van der Waals surface area contributed by atoms with Gasteiger partial charge < -0.3 is 9.15 Å². The molecule has 0 bridgehead atoms. The Kier molecular flexibility index (Phi) is 3.99. The molecule has 0 saturated carbocycles. The van der Waals surface area contributed by atoms with E-state index in [-0.39, 0.29) is 12.3 Å². The Morgan fingerprint density at radius 1 is 1.29 bits per heavy atom. The molecule has 3 rings (SSSR count). The number of benzene rings is 1. The van der Waals surface area contributed by atoms with Gasteiger partial charge in [-0.15, -0.1) is 0 Å². The molecule has 0 aliphatic carbocycles. The molecule has 7 heteroatoms. The number of carbonyl (C=O) groups is 1. The first-order chi connectivity index (χ1) is 11.5. The van der Waals surface area contributed by atoms with E-state index in [1.807, 2.05) is 0 Å². The molecular weight excluding hydrogens is 312 g/mol. The van der Waals surface area contributed by atoms with Crippen molar-refractivity contribution in [2.75, 3.05) is 6.61 Å². The van der Waals surface area contributed by atoms with Crippen molar-refractivity contribution in [2.45, 2.75) is 13.8 Å². The monoisotopic (exact) mass is 326 g/mol. The van der Waals surface area contributed by atoms with Crippen molar-refractivity contribution in [3.63, 3.8) is 0 Å². The second-order valence-electron chi connectivity index (χ2n) is 5.13. The number of rotatable bonds is 4. The van der Waals surface area contributed by atoms with Gasteiger partial charge in [0.15, 0.2) is 0 Å². The Morgan fingerprint density at radius 2 is 2.00 bits per heavy atom. The predicted octanol–water partition coefficient (Wildman–Crippen LogP) is 3.89. The van der Waals surface area contributed by atoms with Crippen LogP contribution in [0, 0.1) is 17.0 Å². The number of esters is 1. The Balaban J connectivity index is 2.08. The predicted molar refractivity (Wildman–Crippen MR) is 86.8 cm³/mol. The highest BCUT2D eigenvalue weighted by Crippen LogP contribution is 2.30. The number of non-ortho nitro benzene ring substituents is 1. The van der Waals surface area contributed by atoms with Crippen LogP contribution in [0.2, 0.25) is 0 Å². The van der Waals surface area contributed by atoms with Gasteiger partial charge in [-0.05, 0) is 37.6 Å². The fraction of sp³-hybridized carbons (Fsp3) is 0.176. The van der Waals surface area contributed by atoms with Crippen LogP contribution in [-0.2, 0) is 4.74 Å². The first kappa shape index (κ1) is 15.7. The number of pyridine rings is 1. The van der Waals surface area contributed by atoms with Gasteiger partial charge in [0.1, 0.15) is 11.3 Å². The summed E-state index contributed by atoms with van der Waals surface area (Å²) in [4.78, 5) is 26.6. The van der Waals surface area contributed by atoms with Crippen LogP contribution < -0.4 is 0 Å². The zero-order valence-electron chi connectivity index (χ0n) is 13.1. The summed E-state index contributed by atoms with van der Waals surface area (Å²) in [5.41, 5.74) is 2.19. The first-order valence-electron chi connectivity index (χ1n) is 7.32. The highest BCUT2D eigenvalue weighted by molar-refractivity contribution is 6.04. The SMILES string of the molecule is CCOC(=O)c1c(C)oc2ncc(-c3ccc([N+](=O)[O-])cc3)cc12. The molecule has 0 aliphatic heterocycles. The highest BCUT2D eigenvalue weighted by atomic mass is 16.6. The van der Waals surface area contributed by atoms with Crippen LogP contribution in [0.4, 0.5) is 5.69 Å². The van der Waals surface area contributed by atoms with Crippen LogP contribution in [0.3, 0.4) is 0 Å². The summed E-state index contributed by atoms with van der Waals surface area (Å²) in [6.07, 6.45) is 1.60. The van der Waals surface area contributed by atoms with Gasteiger partial charge in [0, 0.05) is 23.9 Å². The van der Waals surface area contributed by atoms with E-state index in [1.54, 1.807) is 38.2 Å². The van der Waals surface area contributed by atoms with E-state index in [0.717, 1.165) is 11.1 Å². The third kappa shape index (κ3) is 2.71. The molecule has 0 N–H and O–H groups in total. The number of aryl methyl sites for hydroxylation is 1. The molecule has 0 radical (unpaired) electrons. The first-order valence-corrected chi connectivity index (χ1v) is 7.32. The molecule has 2 aromatic heterocycles. The van der Waals surface area contributed by atoms with Crippen molar-refractivity contribution in [3.8, 4) is 11.1 Å². The number of fused-ring (bicyclic) bond motifs is 1. The number of nitro benzene ring substituents is 1. The molecule has 122 valence electrons. The number of carbonyl (C=O) groups excluding carboxylic acids is 1. The van der Waals surface area contributed by atoms with E-state index in [4.69, 9.17) is 9.15 Å². The van der Waals surface area contributed by atoms with Crippen molar-refractivity contribution in [3.05, 3.63) is 58.0 Å². The average molecular weight is 326 g/mol. The van der Waals surface area contributed by atoms with Crippen molar-refractivity contribution in [1.29, 1.82) is 0 Å². The van der Waals surface area contributed by atoms with E-state index in [9.17, 15) is 14.9 Å². The molecule has 0 saturated heterocycles.